The number of rotatable bonds is 3. The molecule has 1 atom stereocenters. The summed E-state index contributed by atoms with van der Waals surface area (Å²) in [5.41, 5.74) is -0.0642. The van der Waals surface area contributed by atoms with Gasteiger partial charge in [-0.2, -0.15) is 17.0 Å². The molecule has 1 saturated heterocycles. The number of hydrogen-bond donors (Lipinski definition) is 1. The lowest BCUT2D eigenvalue weighted by Crippen LogP contribution is -2.35. The number of nitrogens with one attached hydrogen (secondary N) is 1. The van der Waals surface area contributed by atoms with Gasteiger partial charge in [-0.15, -0.1) is 0 Å². The second-order valence-electron chi connectivity index (χ2n) is 3.64. The summed E-state index contributed by atoms with van der Waals surface area (Å²) in [6.45, 7) is 0. The third-order valence-corrected chi connectivity index (χ3v) is 5.13. The lowest BCUT2D eigenvalue weighted by atomic mass is 10.3. The van der Waals surface area contributed by atoms with Gasteiger partial charge in [0, 0.05) is 18.0 Å². The molecule has 0 saturated carbocycles. The molecule has 2 heterocycles. The highest BCUT2D eigenvalue weighted by Crippen LogP contribution is 2.20. The Kier molecular flexibility index (Phi) is 3.66. The molecule has 1 aromatic heterocycles. The second-order valence-corrected chi connectivity index (χ2v) is 6.48. The molecule has 1 N–H and O–H groups in total. The molecule has 7 heteroatoms. The van der Waals surface area contributed by atoms with Crippen molar-refractivity contribution in [3.05, 3.63) is 24.0 Å². The van der Waals surface area contributed by atoms with E-state index in [1.54, 1.807) is 17.8 Å². The first kappa shape index (κ1) is 12.4. The van der Waals surface area contributed by atoms with E-state index in [9.17, 15) is 8.42 Å². The summed E-state index contributed by atoms with van der Waals surface area (Å²) in [5.74, 6) is 1.74. The van der Waals surface area contributed by atoms with Gasteiger partial charge in [-0.05, 0) is 24.3 Å². The summed E-state index contributed by atoms with van der Waals surface area (Å²) in [7, 11) is -3.63. The normalized spacial score (nSPS) is 20.1. The first-order valence-corrected chi connectivity index (χ1v) is 7.72. The Morgan fingerprint density at radius 2 is 2.41 bits per heavy atom. The predicted octanol–water partition coefficient (Wildman–Crippen LogP) is 0.737. The number of hydrogen-bond acceptors (Lipinski definition) is 5. The minimum absolute atomic E-state index is 0.0422. The van der Waals surface area contributed by atoms with Crippen LogP contribution in [0.25, 0.3) is 0 Å². The van der Waals surface area contributed by atoms with E-state index in [0.717, 1.165) is 17.9 Å². The monoisotopic (exact) mass is 269 g/mol. The maximum atomic E-state index is 12.1. The van der Waals surface area contributed by atoms with E-state index in [-0.39, 0.29) is 16.6 Å². The molecule has 0 aliphatic carbocycles. The van der Waals surface area contributed by atoms with Crippen molar-refractivity contribution in [2.75, 3.05) is 11.5 Å². The van der Waals surface area contributed by atoms with Crippen LogP contribution in [0, 0.1) is 11.3 Å². The fourth-order valence-corrected chi connectivity index (χ4v) is 4.24. The molecule has 2 rings (SSSR count). The SMILES string of the molecule is N#Cc1ncccc1S(=O)(=O)NC1CCSC1. The van der Waals surface area contributed by atoms with Crippen molar-refractivity contribution in [2.24, 2.45) is 0 Å². The molecule has 1 aliphatic rings. The zero-order valence-electron chi connectivity index (χ0n) is 8.96. The van der Waals surface area contributed by atoms with E-state index < -0.39 is 10.0 Å². The van der Waals surface area contributed by atoms with Gasteiger partial charge in [0.1, 0.15) is 11.0 Å². The molecule has 0 amide bonds. The Labute approximate surface area is 104 Å². The van der Waals surface area contributed by atoms with Crippen LogP contribution in [0.3, 0.4) is 0 Å². The third kappa shape index (κ3) is 2.77. The average Bonchev–Trinajstić information content (AvgIpc) is 2.81. The van der Waals surface area contributed by atoms with Crippen LogP contribution >= 0.6 is 11.8 Å². The third-order valence-electron chi connectivity index (χ3n) is 2.42. The standard InChI is InChI=1S/C10H11N3O2S2/c11-6-9-10(2-1-4-12-9)17(14,15)13-8-3-5-16-7-8/h1-2,4,8,13H,3,5,7H2. The van der Waals surface area contributed by atoms with Crippen molar-refractivity contribution in [1.29, 1.82) is 5.26 Å². The molecule has 90 valence electrons. The molecule has 17 heavy (non-hydrogen) atoms. The lowest BCUT2D eigenvalue weighted by Gasteiger charge is -2.12. The number of thioether (sulfide) groups is 1. The molecule has 0 aromatic carbocycles. The van der Waals surface area contributed by atoms with Crippen LogP contribution in [-0.4, -0.2) is 30.9 Å². The Bertz CT molecular complexity index is 545. The summed E-state index contributed by atoms with van der Waals surface area (Å²) in [4.78, 5) is 3.71. The van der Waals surface area contributed by atoms with Gasteiger partial charge in [0.15, 0.2) is 5.69 Å². The van der Waals surface area contributed by atoms with Crippen molar-refractivity contribution in [1.82, 2.24) is 9.71 Å². The number of nitriles is 1. The smallest absolute Gasteiger partial charge is 0.243 e. The first-order valence-electron chi connectivity index (χ1n) is 5.08. The van der Waals surface area contributed by atoms with E-state index in [4.69, 9.17) is 5.26 Å². The van der Waals surface area contributed by atoms with Crippen LogP contribution in [0.5, 0.6) is 0 Å². The Morgan fingerprint density at radius 1 is 1.59 bits per heavy atom. The molecular weight excluding hydrogens is 258 g/mol. The summed E-state index contributed by atoms with van der Waals surface area (Å²) in [6.07, 6.45) is 2.23. The Morgan fingerprint density at radius 3 is 3.06 bits per heavy atom. The summed E-state index contributed by atoms with van der Waals surface area (Å²) >= 11 is 1.72. The van der Waals surface area contributed by atoms with Crippen LogP contribution in [0.1, 0.15) is 12.1 Å². The van der Waals surface area contributed by atoms with Gasteiger partial charge in [-0.3, -0.25) is 0 Å². The molecule has 0 radical (unpaired) electrons. The van der Waals surface area contributed by atoms with Crippen LogP contribution in [0.15, 0.2) is 23.2 Å². The van der Waals surface area contributed by atoms with E-state index >= 15 is 0 Å². The van der Waals surface area contributed by atoms with Crippen LogP contribution in [0.2, 0.25) is 0 Å². The Hall–Kier alpha value is -1.10. The summed E-state index contributed by atoms with van der Waals surface area (Å²) < 4.78 is 26.7. The quantitative estimate of drug-likeness (QED) is 0.875. The topological polar surface area (TPSA) is 82.8 Å². The van der Waals surface area contributed by atoms with Gasteiger partial charge >= 0.3 is 0 Å². The summed E-state index contributed by atoms with van der Waals surface area (Å²) in [6, 6.07) is 4.66. The maximum Gasteiger partial charge on any atom is 0.243 e. The number of aromatic nitrogens is 1. The van der Waals surface area contributed by atoms with Gasteiger partial charge < -0.3 is 0 Å². The van der Waals surface area contributed by atoms with Crippen molar-refractivity contribution in [2.45, 2.75) is 17.4 Å². The van der Waals surface area contributed by atoms with Crippen LogP contribution in [-0.2, 0) is 10.0 Å². The predicted molar refractivity (Wildman–Crippen MR) is 65.0 cm³/mol. The van der Waals surface area contributed by atoms with E-state index in [2.05, 4.69) is 9.71 Å². The molecule has 1 aliphatic heterocycles. The fraction of sp³-hybridized carbons (Fsp3) is 0.400. The van der Waals surface area contributed by atoms with Crippen molar-refractivity contribution < 1.29 is 8.42 Å². The lowest BCUT2D eigenvalue weighted by molar-refractivity contribution is 0.562. The molecular formula is C10H11N3O2S2. The molecule has 0 bridgehead atoms. The summed E-state index contributed by atoms with van der Waals surface area (Å²) in [5, 5.41) is 8.83. The van der Waals surface area contributed by atoms with E-state index in [1.165, 1.54) is 18.3 Å². The zero-order valence-corrected chi connectivity index (χ0v) is 10.6. The molecule has 1 unspecified atom stereocenters. The second kappa shape index (κ2) is 5.04. The molecule has 1 fully saturated rings. The van der Waals surface area contributed by atoms with Gasteiger partial charge in [0.25, 0.3) is 0 Å². The minimum Gasteiger partial charge on any atom is -0.244 e. The highest BCUT2D eigenvalue weighted by atomic mass is 32.2. The van der Waals surface area contributed by atoms with E-state index in [0.29, 0.717) is 0 Å². The largest absolute Gasteiger partial charge is 0.244 e. The fourth-order valence-electron chi connectivity index (χ4n) is 1.60. The number of pyridine rings is 1. The van der Waals surface area contributed by atoms with Gasteiger partial charge in [-0.1, -0.05) is 0 Å². The number of nitrogens with zero attached hydrogens (tertiary/aromatic N) is 2. The van der Waals surface area contributed by atoms with Crippen molar-refractivity contribution >= 4 is 21.8 Å². The molecule has 1 aromatic rings. The van der Waals surface area contributed by atoms with Gasteiger partial charge in [0.05, 0.1) is 0 Å². The minimum atomic E-state index is -3.63. The number of sulfonamides is 1. The zero-order chi connectivity index (χ0) is 12.3. The average molecular weight is 269 g/mol. The highest BCUT2D eigenvalue weighted by molar-refractivity contribution is 7.99. The van der Waals surface area contributed by atoms with Crippen molar-refractivity contribution in [3.63, 3.8) is 0 Å². The van der Waals surface area contributed by atoms with Crippen molar-refractivity contribution in [3.8, 4) is 6.07 Å². The van der Waals surface area contributed by atoms with Gasteiger partial charge in [-0.25, -0.2) is 18.1 Å². The van der Waals surface area contributed by atoms with Crippen LogP contribution < -0.4 is 4.72 Å². The van der Waals surface area contributed by atoms with Gasteiger partial charge in [0.2, 0.25) is 10.0 Å². The maximum absolute atomic E-state index is 12.1. The first-order chi connectivity index (χ1) is 8.13. The Balaban J connectivity index is 2.28. The molecule has 0 spiro atoms. The van der Waals surface area contributed by atoms with E-state index in [1.807, 2.05) is 0 Å². The van der Waals surface area contributed by atoms with Crippen LogP contribution in [0.4, 0.5) is 0 Å². The highest BCUT2D eigenvalue weighted by Gasteiger charge is 2.25. The molecule has 5 nitrogen and oxygen atoms in total.